The Morgan fingerprint density at radius 3 is 0.824 bits per heavy atom. The maximum absolute atomic E-state index is 7.97. The summed E-state index contributed by atoms with van der Waals surface area (Å²) in [5.41, 5.74) is 8.33. The van der Waals surface area contributed by atoms with E-state index in [1.54, 1.807) is 13.2 Å². The molecule has 17 heteroatoms. The number of methoxy groups -OCH3 is 1. The molecule has 15 atom stereocenters. The average molecular weight is 1460 g/mol. The standard InChI is InChI=1S/C91H96O17/c1-3-53-96-83-80(97-57-69-37-19-7-20-38-69)77(63-93-54-66-31-13-4-14-32-66)104-89(86(83)101-61-73-45-27-11-28-46-73)107-85-82(99-59-71-41-23-9-24-42-71)79(65-95-56-68-35-17-6-18-36-68)105-90(87(85)102-62-74-47-29-12-30-48-74)108-88-84(100-60-72-43-25-10-26-44-72)81(98-58-70-39-21-8-22-40-70)78(64-94-55-67-33-15-5-16-34-67)106-91(88)103-76-51-49-75(92-2)50-52-76/h3-52,77-91H,1,53-65H2,2H3/t77-,78-,79-,80-,81-,82-,83+,84+,85+,86+,87+,88+,89-,90-,91+/m1/s1. The molecule has 10 aromatic rings. The van der Waals surface area contributed by atoms with E-state index in [9.17, 15) is 0 Å². The zero-order chi connectivity index (χ0) is 73.6. The minimum absolute atomic E-state index is 0.0279. The molecular formula is C91H96O17. The smallest absolute Gasteiger partial charge is 0.229 e. The molecule has 3 aliphatic rings. The summed E-state index contributed by atoms with van der Waals surface area (Å²) in [5, 5.41) is 0. The molecule has 3 aliphatic heterocycles. The fraction of sp³-hybridized carbons (Fsp3) is 0.319. The van der Waals surface area contributed by atoms with Crippen molar-refractivity contribution in [1.82, 2.24) is 0 Å². The highest BCUT2D eigenvalue weighted by molar-refractivity contribution is 5.32. The predicted molar refractivity (Wildman–Crippen MR) is 408 cm³/mol. The van der Waals surface area contributed by atoms with Crippen molar-refractivity contribution in [1.29, 1.82) is 0 Å². The van der Waals surface area contributed by atoms with Crippen LogP contribution in [-0.4, -0.2) is 126 Å². The minimum Gasteiger partial charge on any atom is -0.497 e. The van der Waals surface area contributed by atoms with E-state index in [0.717, 1.165) is 50.1 Å². The molecule has 0 aromatic heterocycles. The zero-order valence-corrected chi connectivity index (χ0v) is 60.9. The number of ether oxygens (including phenoxy) is 17. The van der Waals surface area contributed by atoms with E-state index in [0.29, 0.717) is 11.5 Å². The maximum Gasteiger partial charge on any atom is 0.229 e. The molecule has 0 amide bonds. The van der Waals surface area contributed by atoms with Crippen LogP contribution in [0.15, 0.2) is 310 Å². The fourth-order valence-electron chi connectivity index (χ4n) is 13.5. The van der Waals surface area contributed by atoms with E-state index in [2.05, 4.69) is 6.58 Å². The highest BCUT2D eigenvalue weighted by Crippen LogP contribution is 2.40. The van der Waals surface area contributed by atoms with Gasteiger partial charge in [0.05, 0.1) is 93.0 Å². The van der Waals surface area contributed by atoms with Gasteiger partial charge in [-0.2, -0.15) is 0 Å². The molecule has 13 rings (SSSR count). The molecule has 108 heavy (non-hydrogen) atoms. The molecule has 0 unspecified atom stereocenters. The fourth-order valence-corrected chi connectivity index (χ4v) is 13.5. The highest BCUT2D eigenvalue weighted by atomic mass is 16.8. The van der Waals surface area contributed by atoms with Gasteiger partial charge in [0.2, 0.25) is 6.29 Å². The average Bonchev–Trinajstić information content (AvgIpc) is 0.759. The maximum atomic E-state index is 7.97. The predicted octanol–water partition coefficient (Wildman–Crippen LogP) is 15.8. The van der Waals surface area contributed by atoms with Crippen LogP contribution >= 0.6 is 0 Å². The first-order valence-corrected chi connectivity index (χ1v) is 37.1. The van der Waals surface area contributed by atoms with Gasteiger partial charge in [-0.25, -0.2) is 0 Å². The van der Waals surface area contributed by atoms with E-state index in [1.807, 2.05) is 297 Å². The van der Waals surface area contributed by atoms with Gasteiger partial charge in [0.15, 0.2) is 18.7 Å². The van der Waals surface area contributed by atoms with Crippen LogP contribution in [0, 0.1) is 0 Å². The molecule has 0 aliphatic carbocycles. The number of hydrogen-bond donors (Lipinski definition) is 0. The van der Waals surface area contributed by atoms with Gasteiger partial charge in [-0.3, -0.25) is 0 Å². The molecule has 0 bridgehead atoms. The molecule has 3 heterocycles. The minimum atomic E-state index is -1.40. The van der Waals surface area contributed by atoms with Gasteiger partial charge in [0, 0.05) is 0 Å². The van der Waals surface area contributed by atoms with E-state index < -0.39 is 92.1 Å². The second-order valence-electron chi connectivity index (χ2n) is 26.8. The van der Waals surface area contributed by atoms with Crippen LogP contribution < -0.4 is 9.47 Å². The third kappa shape index (κ3) is 22.5. The Morgan fingerprint density at radius 1 is 0.259 bits per heavy atom. The highest BCUT2D eigenvalue weighted by Gasteiger charge is 2.58. The summed E-state index contributed by atoms with van der Waals surface area (Å²) in [5.74, 6) is 1.08. The van der Waals surface area contributed by atoms with Crippen LogP contribution in [0.25, 0.3) is 0 Å². The first-order chi connectivity index (χ1) is 53.5. The molecule has 0 saturated carbocycles. The second kappa shape index (κ2) is 41.5. The van der Waals surface area contributed by atoms with Crippen LogP contribution in [0.3, 0.4) is 0 Å². The van der Waals surface area contributed by atoms with Gasteiger partial charge in [0.25, 0.3) is 0 Å². The van der Waals surface area contributed by atoms with Crippen LogP contribution in [-0.2, 0) is 131 Å². The molecule has 0 N–H and O–H groups in total. The normalized spacial score (nSPS) is 24.2. The third-order valence-electron chi connectivity index (χ3n) is 19.0. The molecule has 10 aromatic carbocycles. The summed E-state index contributed by atoms with van der Waals surface area (Å²) in [6.07, 6.45) is -14.1. The summed E-state index contributed by atoms with van der Waals surface area (Å²) in [7, 11) is 1.62. The third-order valence-corrected chi connectivity index (χ3v) is 19.0. The lowest BCUT2D eigenvalue weighted by atomic mass is 9.95. The van der Waals surface area contributed by atoms with Crippen LogP contribution in [0.2, 0.25) is 0 Å². The van der Waals surface area contributed by atoms with E-state index in [1.165, 1.54) is 0 Å². The van der Waals surface area contributed by atoms with Crippen LogP contribution in [0.4, 0.5) is 0 Å². The van der Waals surface area contributed by atoms with Crippen molar-refractivity contribution in [3.05, 3.63) is 360 Å². The van der Waals surface area contributed by atoms with Crippen molar-refractivity contribution in [2.75, 3.05) is 33.5 Å². The first kappa shape index (κ1) is 77.1. The van der Waals surface area contributed by atoms with Gasteiger partial charge >= 0.3 is 0 Å². The van der Waals surface area contributed by atoms with Crippen LogP contribution in [0.1, 0.15) is 50.1 Å². The van der Waals surface area contributed by atoms with Gasteiger partial charge < -0.3 is 80.5 Å². The Labute approximate surface area is 633 Å². The van der Waals surface area contributed by atoms with Crippen molar-refractivity contribution in [3.63, 3.8) is 0 Å². The Hall–Kier alpha value is -9.06. The summed E-state index contributed by atoms with van der Waals surface area (Å²) in [4.78, 5) is 0. The summed E-state index contributed by atoms with van der Waals surface area (Å²) in [6, 6.07) is 97.1. The Kier molecular flexibility index (Phi) is 29.6. The van der Waals surface area contributed by atoms with E-state index >= 15 is 0 Å². The lowest BCUT2D eigenvalue weighted by Crippen LogP contribution is -2.68. The van der Waals surface area contributed by atoms with Crippen molar-refractivity contribution in [2.45, 2.75) is 152 Å². The Balaban J connectivity index is 0.958. The van der Waals surface area contributed by atoms with Crippen molar-refractivity contribution < 1.29 is 80.5 Å². The quantitative estimate of drug-likeness (QED) is 0.0334. The molecule has 0 spiro atoms. The summed E-state index contributed by atoms with van der Waals surface area (Å²) < 4.78 is 122. The second-order valence-corrected chi connectivity index (χ2v) is 26.8. The number of rotatable bonds is 40. The lowest BCUT2D eigenvalue weighted by molar-refractivity contribution is -0.396. The van der Waals surface area contributed by atoms with Gasteiger partial charge in [-0.15, -0.1) is 6.58 Å². The molecule has 562 valence electrons. The van der Waals surface area contributed by atoms with Crippen LogP contribution in [0.5, 0.6) is 11.5 Å². The van der Waals surface area contributed by atoms with Gasteiger partial charge in [-0.1, -0.05) is 279 Å². The zero-order valence-electron chi connectivity index (χ0n) is 60.9. The van der Waals surface area contributed by atoms with Gasteiger partial charge in [0.1, 0.15) is 78.6 Å². The Bertz CT molecular complexity index is 4110. The monoisotopic (exact) mass is 1460 g/mol. The molecule has 17 nitrogen and oxygen atoms in total. The molecule has 3 saturated heterocycles. The summed E-state index contributed by atoms with van der Waals surface area (Å²) >= 11 is 0. The molecule has 0 radical (unpaired) electrons. The lowest BCUT2D eigenvalue weighted by Gasteiger charge is -2.52. The first-order valence-electron chi connectivity index (χ1n) is 37.1. The van der Waals surface area contributed by atoms with Crippen molar-refractivity contribution in [3.8, 4) is 11.5 Å². The molecule has 3 fully saturated rings. The molecular weight excluding hydrogens is 1360 g/mol. The van der Waals surface area contributed by atoms with Gasteiger partial charge in [-0.05, 0) is 74.3 Å². The largest absolute Gasteiger partial charge is 0.497 e. The summed E-state index contributed by atoms with van der Waals surface area (Å²) in [6.45, 7) is 5.97. The van der Waals surface area contributed by atoms with Crippen molar-refractivity contribution in [2.24, 2.45) is 0 Å². The van der Waals surface area contributed by atoms with Crippen molar-refractivity contribution >= 4 is 0 Å². The number of hydrogen-bond acceptors (Lipinski definition) is 17. The SMILES string of the molecule is C=CCO[C@@H]1[C@H](OCc2ccccc2)[C@@H](O[C@@H]2[C@H](OCc3ccccc3)[C@@H](O[C@@H]3[C@@H](Oc4ccc(OC)cc4)O[C@H](COCc4ccccc4)[C@@H](OCc4ccccc4)[C@@H]3OCc3ccccc3)O[C@H](COCc3ccccc3)[C@H]2OCc2ccccc2)O[C@H](COCc2ccccc2)[C@H]1OCc1ccccc1. The van der Waals surface area contributed by atoms with E-state index in [4.69, 9.17) is 80.5 Å². The topological polar surface area (TPSA) is 157 Å². The van der Waals surface area contributed by atoms with E-state index in [-0.39, 0.29) is 85.9 Å². The number of benzene rings is 10. The Morgan fingerprint density at radius 2 is 0.509 bits per heavy atom.